The van der Waals surface area contributed by atoms with Crippen LogP contribution in [0.5, 0.6) is 0 Å². The smallest absolute Gasteiger partial charge is 0.139 e. The van der Waals surface area contributed by atoms with Gasteiger partial charge in [0, 0.05) is 65.7 Å². The fourth-order valence-electron chi connectivity index (χ4n) is 6.63. The normalized spacial score (nSPS) is 11.5. The molecule has 0 N–H and O–H groups in total. The van der Waals surface area contributed by atoms with E-state index in [1.54, 1.807) is 0 Å². The van der Waals surface area contributed by atoms with Crippen LogP contribution in [0.25, 0.3) is 77.5 Å². The van der Waals surface area contributed by atoms with Crippen LogP contribution in [-0.2, 0) is 25.5 Å². The summed E-state index contributed by atoms with van der Waals surface area (Å²) in [5.74, 6) is 0. The van der Waals surface area contributed by atoms with Crippen LogP contribution in [0.4, 0.5) is 0 Å². The monoisotopic (exact) mass is 855 g/mol. The van der Waals surface area contributed by atoms with Gasteiger partial charge in [0.1, 0.15) is 22.3 Å². The van der Waals surface area contributed by atoms with E-state index < -0.39 is 0 Å². The molecular formula is C47H38IrN2O2-2. The van der Waals surface area contributed by atoms with Gasteiger partial charge in [-0.05, 0) is 60.0 Å². The molecule has 52 heavy (non-hydrogen) atoms. The van der Waals surface area contributed by atoms with E-state index in [0.29, 0.717) is 0 Å². The van der Waals surface area contributed by atoms with E-state index in [0.717, 1.165) is 77.5 Å². The predicted octanol–water partition coefficient (Wildman–Crippen LogP) is 12.8. The maximum Gasteiger partial charge on any atom is 0.139 e. The SMILES string of the molecule is CC(C)(C)c1cc[c-]c(-c2cc(-c3c4c(cc5oc6ccccc6c35)oc3ccccc34)ccn2)c1.Cc1c[c-]c(-c2cc(C)c(C)cn2)cc1.[Ir]. The number of benzene rings is 5. The number of hydrogen-bond acceptors (Lipinski definition) is 4. The molecule has 5 aromatic carbocycles. The fraction of sp³-hybridized carbons (Fsp3) is 0.149. The number of aromatic nitrogens is 2. The molecule has 0 amide bonds. The molecule has 0 bridgehead atoms. The van der Waals surface area contributed by atoms with Gasteiger partial charge >= 0.3 is 0 Å². The molecule has 0 saturated carbocycles. The number of hydrogen-bond donors (Lipinski definition) is 0. The molecule has 4 heterocycles. The van der Waals surface area contributed by atoms with Crippen molar-refractivity contribution >= 4 is 43.9 Å². The molecule has 9 rings (SSSR count). The van der Waals surface area contributed by atoms with Gasteiger partial charge in [-0.2, -0.15) is 0 Å². The summed E-state index contributed by atoms with van der Waals surface area (Å²) >= 11 is 0. The summed E-state index contributed by atoms with van der Waals surface area (Å²) in [5, 5.41) is 4.37. The van der Waals surface area contributed by atoms with Crippen LogP contribution in [0.1, 0.15) is 43.0 Å². The molecule has 0 spiro atoms. The number of rotatable bonds is 3. The molecule has 0 atom stereocenters. The molecule has 0 aliphatic rings. The Kier molecular flexibility index (Phi) is 9.44. The van der Waals surface area contributed by atoms with Gasteiger partial charge in [-0.25, -0.2) is 0 Å². The zero-order chi connectivity index (χ0) is 35.3. The van der Waals surface area contributed by atoms with Crippen LogP contribution in [0, 0.1) is 32.9 Å². The third-order valence-electron chi connectivity index (χ3n) is 9.62. The summed E-state index contributed by atoms with van der Waals surface area (Å²) < 4.78 is 12.6. The van der Waals surface area contributed by atoms with Crippen molar-refractivity contribution in [1.29, 1.82) is 0 Å². The van der Waals surface area contributed by atoms with Crippen molar-refractivity contribution in [2.45, 2.75) is 47.0 Å². The van der Waals surface area contributed by atoms with E-state index >= 15 is 0 Å². The third kappa shape index (κ3) is 6.59. The summed E-state index contributed by atoms with van der Waals surface area (Å²) in [6.45, 7) is 12.9. The third-order valence-corrected chi connectivity index (χ3v) is 9.62. The molecule has 9 aromatic rings. The minimum atomic E-state index is 0. The van der Waals surface area contributed by atoms with Gasteiger partial charge in [0.15, 0.2) is 0 Å². The van der Waals surface area contributed by atoms with Gasteiger partial charge in [-0.15, -0.1) is 70.8 Å². The maximum absolute atomic E-state index is 6.30. The van der Waals surface area contributed by atoms with E-state index in [1.165, 1.54) is 22.3 Å². The van der Waals surface area contributed by atoms with Crippen LogP contribution in [-0.4, -0.2) is 9.97 Å². The molecule has 0 aliphatic heterocycles. The van der Waals surface area contributed by atoms with Crippen LogP contribution in [0.3, 0.4) is 0 Å². The first-order valence-corrected chi connectivity index (χ1v) is 17.3. The first kappa shape index (κ1) is 35.1. The topological polar surface area (TPSA) is 52.1 Å². The van der Waals surface area contributed by atoms with Gasteiger partial charge < -0.3 is 18.8 Å². The summed E-state index contributed by atoms with van der Waals surface area (Å²) in [4.78, 5) is 9.15. The van der Waals surface area contributed by atoms with E-state index in [2.05, 4.69) is 125 Å². The molecule has 0 aliphatic carbocycles. The van der Waals surface area contributed by atoms with Crippen LogP contribution < -0.4 is 0 Å². The number of aryl methyl sites for hydroxylation is 3. The van der Waals surface area contributed by atoms with E-state index in [1.807, 2.05) is 54.9 Å². The molecule has 1 radical (unpaired) electrons. The fourth-order valence-corrected chi connectivity index (χ4v) is 6.63. The van der Waals surface area contributed by atoms with Crippen molar-refractivity contribution in [1.82, 2.24) is 9.97 Å². The van der Waals surface area contributed by atoms with Crippen molar-refractivity contribution in [3.63, 3.8) is 0 Å². The van der Waals surface area contributed by atoms with Gasteiger partial charge in [0.05, 0.1) is 0 Å². The minimum absolute atomic E-state index is 0. The first-order valence-electron chi connectivity index (χ1n) is 17.3. The number of nitrogens with zero attached hydrogens (tertiary/aromatic N) is 2. The second-order valence-corrected chi connectivity index (χ2v) is 14.3. The van der Waals surface area contributed by atoms with Gasteiger partial charge in [0.25, 0.3) is 0 Å². The van der Waals surface area contributed by atoms with Gasteiger partial charge in [-0.3, -0.25) is 0 Å². The van der Waals surface area contributed by atoms with Crippen LogP contribution in [0.2, 0.25) is 0 Å². The Hall–Kier alpha value is -5.35. The summed E-state index contributed by atoms with van der Waals surface area (Å²) in [6, 6.07) is 43.9. The van der Waals surface area contributed by atoms with Crippen LogP contribution in [0.15, 0.2) is 130 Å². The minimum Gasteiger partial charge on any atom is -0.456 e. The van der Waals surface area contributed by atoms with Crippen molar-refractivity contribution in [2.24, 2.45) is 0 Å². The Labute approximate surface area is 317 Å². The number of fused-ring (bicyclic) bond motifs is 6. The van der Waals surface area contributed by atoms with Crippen molar-refractivity contribution in [3.8, 4) is 33.6 Å². The molecule has 4 aromatic heterocycles. The number of furan rings is 2. The van der Waals surface area contributed by atoms with E-state index in [9.17, 15) is 0 Å². The van der Waals surface area contributed by atoms with E-state index in [-0.39, 0.29) is 25.5 Å². The zero-order valence-electron chi connectivity index (χ0n) is 30.1. The quantitative estimate of drug-likeness (QED) is 0.166. The predicted molar refractivity (Wildman–Crippen MR) is 210 cm³/mol. The number of pyridine rings is 2. The largest absolute Gasteiger partial charge is 0.456 e. The molecular weight excluding hydrogens is 817 g/mol. The average molecular weight is 855 g/mol. The average Bonchev–Trinajstić information content (AvgIpc) is 3.70. The Balaban J connectivity index is 0.000000222. The van der Waals surface area contributed by atoms with Gasteiger partial charge in [0.2, 0.25) is 0 Å². The second kappa shape index (κ2) is 14.0. The molecule has 4 nitrogen and oxygen atoms in total. The molecule has 0 fully saturated rings. The second-order valence-electron chi connectivity index (χ2n) is 14.3. The van der Waals surface area contributed by atoms with Crippen LogP contribution >= 0.6 is 0 Å². The summed E-state index contributed by atoms with van der Waals surface area (Å²) in [5.41, 5.74) is 14.5. The van der Waals surface area contributed by atoms with Crippen molar-refractivity contribution in [3.05, 3.63) is 156 Å². The Morgan fingerprint density at radius 3 is 1.87 bits per heavy atom. The van der Waals surface area contributed by atoms with E-state index in [4.69, 9.17) is 13.8 Å². The summed E-state index contributed by atoms with van der Waals surface area (Å²) in [7, 11) is 0. The number of para-hydroxylation sites is 2. The van der Waals surface area contributed by atoms with Crippen molar-refractivity contribution in [2.75, 3.05) is 0 Å². The zero-order valence-corrected chi connectivity index (χ0v) is 32.5. The molecule has 259 valence electrons. The molecule has 0 unspecified atom stereocenters. The summed E-state index contributed by atoms with van der Waals surface area (Å²) in [6.07, 6.45) is 3.80. The standard InChI is InChI=1S/C33H24NO2.C14H14N.Ir/c1-33(2,3)22-10-8-9-20(17-22)25-18-21(15-16-34-25)30-31-23-11-4-6-13-26(23)35-28(31)19-29-32(30)24-12-5-7-14-27(24)36-29;1-10-4-6-13(7-5-10)14-8-11(2)12(3)9-15-14;/h4-8,10-19H,1-3H3;4-6,8-9H,1-3H3;/q2*-1;. The Morgan fingerprint density at radius 1 is 0.596 bits per heavy atom. The Bertz CT molecular complexity index is 2620. The van der Waals surface area contributed by atoms with Crippen molar-refractivity contribution < 1.29 is 28.9 Å². The molecule has 5 heteroatoms. The first-order chi connectivity index (χ1) is 24.6. The maximum atomic E-state index is 6.30. The van der Waals surface area contributed by atoms with Gasteiger partial charge in [-0.1, -0.05) is 81.8 Å². The molecule has 0 saturated heterocycles. The Morgan fingerprint density at radius 2 is 1.25 bits per heavy atom.